The molecule has 2 aromatic carbocycles. The van der Waals surface area contributed by atoms with Crippen LogP contribution in [0.25, 0.3) is 22.4 Å². The molecule has 156 valence electrons. The van der Waals surface area contributed by atoms with Crippen molar-refractivity contribution in [3.63, 3.8) is 0 Å². The lowest BCUT2D eigenvalue weighted by Gasteiger charge is -2.20. The zero-order valence-electron chi connectivity index (χ0n) is 15.7. The Labute approximate surface area is 184 Å². The topological polar surface area (TPSA) is 110 Å². The number of aromatic nitrogens is 2. The molecule has 3 rings (SSSR count). The van der Waals surface area contributed by atoms with Gasteiger partial charge in [0.15, 0.2) is 5.82 Å². The first-order valence-electron chi connectivity index (χ1n) is 8.93. The summed E-state index contributed by atoms with van der Waals surface area (Å²) in [6.07, 6.45) is 0. The van der Waals surface area contributed by atoms with Gasteiger partial charge in [0.25, 0.3) is 0 Å². The highest BCUT2D eigenvalue weighted by molar-refractivity contribution is 7.89. The summed E-state index contributed by atoms with van der Waals surface area (Å²) in [7, 11) is -3.78. The number of para-hydroxylation sites is 2. The molecule has 0 unspecified atom stereocenters. The number of nitrogens with zero attached hydrogens (tertiary/aromatic N) is 3. The van der Waals surface area contributed by atoms with E-state index in [1.807, 2.05) is 24.3 Å². The largest absolute Gasteiger partial charge is 0.506 e. The molecule has 30 heavy (non-hydrogen) atoms. The minimum Gasteiger partial charge on any atom is -0.506 e. The number of imidazole rings is 1. The third-order valence-corrected chi connectivity index (χ3v) is 6.66. The highest BCUT2D eigenvalue weighted by Gasteiger charge is 2.24. The van der Waals surface area contributed by atoms with Gasteiger partial charge in [-0.1, -0.05) is 12.1 Å². The maximum atomic E-state index is 12.8. The van der Waals surface area contributed by atoms with E-state index in [4.69, 9.17) is 23.2 Å². The molecule has 0 saturated heterocycles. The Balaban J connectivity index is 1.96. The van der Waals surface area contributed by atoms with Crippen LogP contribution in [0.3, 0.4) is 0 Å². The number of alkyl halides is 2. The zero-order chi connectivity index (χ0) is 21.7. The SMILES string of the molecule is N#CC(=C(O)c1ccc(S(=O)(=O)N(CCCl)CCCl)cc1)c1nc2ccccc2[nH]1. The number of aliphatic hydroxyl groups excluding tert-OH is 1. The van der Waals surface area contributed by atoms with Crippen molar-refractivity contribution in [3.8, 4) is 6.07 Å². The number of benzene rings is 2. The van der Waals surface area contributed by atoms with E-state index < -0.39 is 10.0 Å². The lowest BCUT2D eigenvalue weighted by Crippen LogP contribution is -2.34. The van der Waals surface area contributed by atoms with Gasteiger partial charge in [-0.3, -0.25) is 0 Å². The minimum atomic E-state index is -3.78. The molecule has 0 fully saturated rings. The second kappa shape index (κ2) is 9.49. The highest BCUT2D eigenvalue weighted by atomic mass is 35.5. The molecule has 0 aliphatic heterocycles. The maximum Gasteiger partial charge on any atom is 0.243 e. The molecule has 0 radical (unpaired) electrons. The predicted octanol–water partition coefficient (Wildman–Crippen LogP) is 3.98. The first kappa shape index (κ1) is 22.1. The molecular weight excluding hydrogens is 447 g/mol. The van der Waals surface area contributed by atoms with Gasteiger partial charge >= 0.3 is 0 Å². The zero-order valence-corrected chi connectivity index (χ0v) is 18.0. The number of aliphatic hydroxyl groups is 1. The minimum absolute atomic E-state index is 0.0385. The van der Waals surface area contributed by atoms with Crippen molar-refractivity contribution in [2.24, 2.45) is 0 Å². The van der Waals surface area contributed by atoms with E-state index in [1.165, 1.54) is 28.6 Å². The smallest absolute Gasteiger partial charge is 0.243 e. The number of halogens is 2. The van der Waals surface area contributed by atoms with E-state index in [0.717, 1.165) is 5.52 Å². The molecule has 0 aliphatic rings. The summed E-state index contributed by atoms with van der Waals surface area (Å²) in [6.45, 7) is 0.266. The number of allylic oxidation sites excluding steroid dienone is 1. The van der Waals surface area contributed by atoms with Crippen molar-refractivity contribution >= 4 is 55.6 Å². The summed E-state index contributed by atoms with van der Waals surface area (Å²) in [5, 5.41) is 20.2. The van der Waals surface area contributed by atoms with Gasteiger partial charge in [-0.15, -0.1) is 23.2 Å². The second-order valence-electron chi connectivity index (χ2n) is 6.24. The predicted molar refractivity (Wildman–Crippen MR) is 118 cm³/mol. The van der Waals surface area contributed by atoms with E-state index in [1.54, 1.807) is 6.07 Å². The standard InChI is InChI=1S/C20H18Cl2N4O3S/c21-9-11-26(12-10-22)30(28,29)15-7-5-14(6-8-15)19(27)16(13-23)20-24-17-3-1-2-4-18(17)25-20/h1-8,27H,9-12H2,(H,24,25). The van der Waals surface area contributed by atoms with Crippen LogP contribution in [0.1, 0.15) is 11.4 Å². The number of hydrogen-bond acceptors (Lipinski definition) is 5. The fourth-order valence-electron chi connectivity index (χ4n) is 2.91. The Hall–Kier alpha value is -2.57. The van der Waals surface area contributed by atoms with Crippen molar-refractivity contribution in [1.29, 1.82) is 5.26 Å². The highest BCUT2D eigenvalue weighted by Crippen LogP contribution is 2.26. The molecular formula is C20H18Cl2N4O3S. The van der Waals surface area contributed by atoms with Gasteiger partial charge in [-0.05, 0) is 36.4 Å². The van der Waals surface area contributed by atoms with E-state index >= 15 is 0 Å². The van der Waals surface area contributed by atoms with E-state index in [0.29, 0.717) is 5.52 Å². The van der Waals surface area contributed by atoms with Crippen LogP contribution in [0.15, 0.2) is 53.4 Å². The number of hydrogen-bond donors (Lipinski definition) is 2. The third-order valence-electron chi connectivity index (χ3n) is 4.41. The van der Waals surface area contributed by atoms with Crippen molar-refractivity contribution in [3.05, 3.63) is 59.9 Å². The number of sulfonamides is 1. The van der Waals surface area contributed by atoms with E-state index in [2.05, 4.69) is 9.97 Å². The summed E-state index contributed by atoms with van der Waals surface area (Å²) in [4.78, 5) is 7.36. The van der Waals surface area contributed by atoms with Crippen molar-refractivity contribution in [1.82, 2.24) is 14.3 Å². The van der Waals surface area contributed by atoms with Crippen LogP contribution in [0, 0.1) is 11.3 Å². The Kier molecular flexibility index (Phi) is 7.00. The quantitative estimate of drug-likeness (QED) is 0.297. The Morgan fingerprint density at radius 1 is 1.10 bits per heavy atom. The van der Waals surface area contributed by atoms with Gasteiger partial charge < -0.3 is 10.1 Å². The Morgan fingerprint density at radius 3 is 2.30 bits per heavy atom. The first-order chi connectivity index (χ1) is 14.4. The molecule has 0 saturated carbocycles. The van der Waals surface area contributed by atoms with Crippen LogP contribution in [0.2, 0.25) is 0 Å². The van der Waals surface area contributed by atoms with Gasteiger partial charge in [-0.2, -0.15) is 9.57 Å². The summed E-state index contributed by atoms with van der Waals surface area (Å²) in [5.41, 5.74) is 1.63. The average molecular weight is 465 g/mol. The van der Waals surface area contributed by atoms with Crippen LogP contribution in [0.4, 0.5) is 0 Å². The van der Waals surface area contributed by atoms with Gasteiger partial charge in [0, 0.05) is 30.4 Å². The molecule has 10 heteroatoms. The van der Waals surface area contributed by atoms with Gasteiger partial charge in [0.1, 0.15) is 17.4 Å². The molecule has 2 N–H and O–H groups in total. The lowest BCUT2D eigenvalue weighted by molar-refractivity contribution is 0.448. The first-order valence-corrected chi connectivity index (χ1v) is 11.4. The van der Waals surface area contributed by atoms with Crippen molar-refractivity contribution in [2.75, 3.05) is 24.8 Å². The molecule has 0 amide bonds. The summed E-state index contributed by atoms with van der Waals surface area (Å²) in [5.74, 6) is 0.198. The number of rotatable bonds is 8. The average Bonchev–Trinajstić information content (AvgIpc) is 3.18. The third kappa shape index (κ3) is 4.45. The fraction of sp³-hybridized carbons (Fsp3) is 0.200. The van der Waals surface area contributed by atoms with Crippen molar-refractivity contribution in [2.45, 2.75) is 4.90 Å². The van der Waals surface area contributed by atoms with E-state index in [9.17, 15) is 18.8 Å². The summed E-state index contributed by atoms with van der Waals surface area (Å²) in [6, 6.07) is 14.8. The number of nitriles is 1. The molecule has 3 aromatic rings. The van der Waals surface area contributed by atoms with Gasteiger partial charge in [0.2, 0.25) is 10.0 Å². The summed E-state index contributed by atoms with van der Waals surface area (Å²) >= 11 is 11.4. The van der Waals surface area contributed by atoms with Crippen LogP contribution >= 0.6 is 23.2 Å². The number of aromatic amines is 1. The molecule has 1 aromatic heterocycles. The second-order valence-corrected chi connectivity index (χ2v) is 8.94. The van der Waals surface area contributed by atoms with Crippen LogP contribution in [0.5, 0.6) is 0 Å². The van der Waals surface area contributed by atoms with Crippen LogP contribution in [-0.2, 0) is 10.0 Å². The Bertz CT molecular complexity index is 1180. The molecule has 0 atom stereocenters. The number of nitrogens with one attached hydrogen (secondary N) is 1. The maximum absolute atomic E-state index is 12.8. The summed E-state index contributed by atoms with van der Waals surface area (Å²) < 4.78 is 26.7. The molecule has 1 heterocycles. The van der Waals surface area contributed by atoms with Crippen molar-refractivity contribution < 1.29 is 13.5 Å². The molecule has 7 nitrogen and oxygen atoms in total. The van der Waals surface area contributed by atoms with Gasteiger partial charge in [0.05, 0.1) is 15.9 Å². The lowest BCUT2D eigenvalue weighted by atomic mass is 10.1. The fourth-order valence-corrected chi connectivity index (χ4v) is 4.96. The number of H-pyrrole nitrogens is 1. The number of fused-ring (bicyclic) bond motifs is 1. The molecule has 0 bridgehead atoms. The molecule has 0 aliphatic carbocycles. The normalized spacial score (nSPS) is 12.7. The van der Waals surface area contributed by atoms with Crippen LogP contribution in [-0.4, -0.2) is 52.6 Å². The van der Waals surface area contributed by atoms with E-state index in [-0.39, 0.29) is 52.5 Å². The monoisotopic (exact) mass is 464 g/mol. The van der Waals surface area contributed by atoms with Crippen LogP contribution < -0.4 is 0 Å². The van der Waals surface area contributed by atoms with Gasteiger partial charge in [-0.25, -0.2) is 13.4 Å². The Morgan fingerprint density at radius 2 is 1.73 bits per heavy atom. The molecule has 0 spiro atoms.